The van der Waals surface area contributed by atoms with Gasteiger partial charge in [0.25, 0.3) is 0 Å². The number of amides is 2. The zero-order valence-electron chi connectivity index (χ0n) is 10.1. The Morgan fingerprint density at radius 3 is 1.88 bits per heavy atom. The minimum atomic E-state index is -4.88. The van der Waals surface area contributed by atoms with Crippen LogP contribution in [-0.4, -0.2) is 31.1 Å². The number of carbonyl (C=O) groups excluding carboxylic acids is 2. The van der Waals surface area contributed by atoms with Crippen LogP contribution in [0.3, 0.4) is 0 Å². The van der Waals surface area contributed by atoms with Crippen LogP contribution in [0, 0.1) is 5.41 Å². The van der Waals surface area contributed by atoms with E-state index in [9.17, 15) is 22.8 Å². The van der Waals surface area contributed by atoms with Gasteiger partial charge in [0.15, 0.2) is 0 Å². The van der Waals surface area contributed by atoms with Gasteiger partial charge in [0, 0.05) is 19.5 Å². The van der Waals surface area contributed by atoms with Crippen molar-refractivity contribution in [2.45, 2.75) is 33.4 Å². The molecule has 0 saturated carbocycles. The summed E-state index contributed by atoms with van der Waals surface area (Å²) in [4.78, 5) is 21.6. The zero-order chi connectivity index (χ0) is 13.7. The van der Waals surface area contributed by atoms with Crippen molar-refractivity contribution in [3.05, 3.63) is 0 Å². The largest absolute Gasteiger partial charge is 0.471 e. The molecule has 100 valence electrons. The summed E-state index contributed by atoms with van der Waals surface area (Å²) in [6, 6.07) is 0. The highest BCUT2D eigenvalue weighted by Gasteiger charge is 2.38. The molecule has 0 aromatic rings. The second kappa shape index (κ2) is 5.88. The Morgan fingerprint density at radius 2 is 1.47 bits per heavy atom. The quantitative estimate of drug-likeness (QED) is 0.741. The van der Waals surface area contributed by atoms with Gasteiger partial charge in [-0.25, -0.2) is 0 Å². The fourth-order valence-electron chi connectivity index (χ4n) is 1.02. The van der Waals surface area contributed by atoms with Gasteiger partial charge in [-0.05, 0) is 5.41 Å². The second-order valence-corrected chi connectivity index (χ2v) is 4.84. The van der Waals surface area contributed by atoms with Crippen molar-refractivity contribution < 1.29 is 22.8 Å². The molecule has 0 radical (unpaired) electrons. The van der Waals surface area contributed by atoms with Crippen molar-refractivity contribution in [1.29, 1.82) is 0 Å². The van der Waals surface area contributed by atoms with Gasteiger partial charge in [0.1, 0.15) is 0 Å². The number of alkyl halides is 3. The highest BCUT2D eigenvalue weighted by molar-refractivity contribution is 5.81. The fourth-order valence-corrected chi connectivity index (χ4v) is 1.02. The third-order valence-corrected chi connectivity index (χ3v) is 1.68. The number of halogens is 3. The number of hydrogen-bond donors (Lipinski definition) is 2. The Labute approximate surface area is 97.9 Å². The van der Waals surface area contributed by atoms with E-state index in [1.54, 1.807) is 5.32 Å². The van der Waals surface area contributed by atoms with Crippen LogP contribution in [0.1, 0.15) is 27.2 Å². The third kappa shape index (κ3) is 8.53. The molecule has 0 rings (SSSR count). The van der Waals surface area contributed by atoms with E-state index in [0.29, 0.717) is 0 Å². The maximum Gasteiger partial charge on any atom is 0.471 e. The van der Waals surface area contributed by atoms with Crippen LogP contribution in [0.4, 0.5) is 13.2 Å². The summed E-state index contributed by atoms with van der Waals surface area (Å²) in [6.45, 7) is 5.36. The van der Waals surface area contributed by atoms with E-state index >= 15 is 0 Å². The van der Waals surface area contributed by atoms with Crippen molar-refractivity contribution in [3.63, 3.8) is 0 Å². The predicted octanol–water partition coefficient (Wildman–Crippen LogP) is 1.22. The van der Waals surface area contributed by atoms with Gasteiger partial charge in [-0.2, -0.15) is 13.2 Å². The van der Waals surface area contributed by atoms with Gasteiger partial charge in [-0.15, -0.1) is 0 Å². The maximum atomic E-state index is 11.8. The van der Waals surface area contributed by atoms with Crippen molar-refractivity contribution in [1.82, 2.24) is 10.6 Å². The summed E-state index contributed by atoms with van der Waals surface area (Å²) >= 11 is 0. The van der Waals surface area contributed by atoms with Gasteiger partial charge in [-0.3, -0.25) is 9.59 Å². The van der Waals surface area contributed by atoms with Crippen LogP contribution < -0.4 is 10.6 Å². The molecule has 0 bridgehead atoms. The molecule has 0 aliphatic rings. The number of carbonyl (C=O) groups is 2. The van der Waals surface area contributed by atoms with Crippen molar-refractivity contribution in [2.75, 3.05) is 13.1 Å². The molecule has 0 aliphatic heterocycles. The van der Waals surface area contributed by atoms with Crippen molar-refractivity contribution in [2.24, 2.45) is 5.41 Å². The molecule has 0 spiro atoms. The standard InChI is InChI=1S/C10H17F3N2O2/c1-9(2,3)6-7(16)14-4-5-15-8(17)10(11,12)13/h4-6H2,1-3H3,(H,14,16)(H,15,17). The van der Waals surface area contributed by atoms with Gasteiger partial charge < -0.3 is 10.6 Å². The lowest BCUT2D eigenvalue weighted by molar-refractivity contribution is -0.173. The average Bonchev–Trinajstić information content (AvgIpc) is 2.07. The van der Waals surface area contributed by atoms with Gasteiger partial charge in [0.2, 0.25) is 5.91 Å². The monoisotopic (exact) mass is 254 g/mol. The molecular formula is C10H17F3N2O2. The molecule has 4 nitrogen and oxygen atoms in total. The molecule has 0 aromatic carbocycles. The summed E-state index contributed by atoms with van der Waals surface area (Å²) in [5.74, 6) is -2.25. The average molecular weight is 254 g/mol. The van der Waals surface area contributed by atoms with E-state index in [0.717, 1.165) is 0 Å². The molecule has 7 heteroatoms. The van der Waals surface area contributed by atoms with E-state index < -0.39 is 12.1 Å². The van der Waals surface area contributed by atoms with Crippen LogP contribution in [0.2, 0.25) is 0 Å². The SMILES string of the molecule is CC(C)(C)CC(=O)NCCNC(=O)C(F)(F)F. The smallest absolute Gasteiger partial charge is 0.354 e. The molecule has 0 unspecified atom stereocenters. The Morgan fingerprint density at radius 1 is 1.00 bits per heavy atom. The molecule has 0 aromatic heterocycles. The van der Waals surface area contributed by atoms with Crippen LogP contribution >= 0.6 is 0 Å². The summed E-state index contributed by atoms with van der Waals surface area (Å²) in [6.07, 6.45) is -4.60. The summed E-state index contributed by atoms with van der Waals surface area (Å²) < 4.78 is 35.3. The molecule has 0 aliphatic carbocycles. The molecule has 2 N–H and O–H groups in total. The maximum absolute atomic E-state index is 11.8. The normalized spacial score (nSPS) is 12.1. The summed E-state index contributed by atoms with van der Waals surface area (Å²) in [5, 5.41) is 4.09. The molecule has 17 heavy (non-hydrogen) atoms. The fraction of sp³-hybridized carbons (Fsp3) is 0.800. The van der Waals surface area contributed by atoms with E-state index in [2.05, 4.69) is 5.32 Å². The molecule has 0 fully saturated rings. The number of rotatable bonds is 4. The molecular weight excluding hydrogens is 237 g/mol. The van der Waals surface area contributed by atoms with E-state index in [1.165, 1.54) is 0 Å². The zero-order valence-corrected chi connectivity index (χ0v) is 10.1. The number of nitrogens with one attached hydrogen (secondary N) is 2. The van der Waals surface area contributed by atoms with Crippen molar-refractivity contribution in [3.8, 4) is 0 Å². The number of hydrogen-bond acceptors (Lipinski definition) is 2. The molecule has 0 heterocycles. The van der Waals surface area contributed by atoms with Crippen LogP contribution in [0.15, 0.2) is 0 Å². The first-order valence-electron chi connectivity index (χ1n) is 5.14. The van der Waals surface area contributed by atoms with Crippen LogP contribution in [0.5, 0.6) is 0 Å². The highest BCUT2D eigenvalue weighted by Crippen LogP contribution is 2.17. The lowest BCUT2D eigenvalue weighted by atomic mass is 9.92. The molecule has 0 saturated heterocycles. The molecule has 2 amide bonds. The van der Waals surface area contributed by atoms with Crippen LogP contribution in [-0.2, 0) is 9.59 Å². The van der Waals surface area contributed by atoms with Gasteiger partial charge in [-0.1, -0.05) is 20.8 Å². The first kappa shape index (κ1) is 15.7. The van der Waals surface area contributed by atoms with Gasteiger partial charge >= 0.3 is 12.1 Å². The summed E-state index contributed by atoms with van der Waals surface area (Å²) in [7, 11) is 0. The van der Waals surface area contributed by atoms with E-state index in [4.69, 9.17) is 0 Å². The Bertz CT molecular complexity index is 282. The summed E-state index contributed by atoms with van der Waals surface area (Å²) in [5.41, 5.74) is -0.181. The first-order valence-corrected chi connectivity index (χ1v) is 5.14. The second-order valence-electron chi connectivity index (χ2n) is 4.84. The first-order chi connectivity index (χ1) is 7.52. The minimum absolute atomic E-state index is 0.0171. The highest BCUT2D eigenvalue weighted by atomic mass is 19.4. The third-order valence-electron chi connectivity index (χ3n) is 1.68. The minimum Gasteiger partial charge on any atom is -0.354 e. The Hall–Kier alpha value is -1.27. The van der Waals surface area contributed by atoms with Crippen LogP contribution in [0.25, 0.3) is 0 Å². The topological polar surface area (TPSA) is 58.2 Å². The van der Waals surface area contributed by atoms with E-state index in [-0.39, 0.29) is 30.8 Å². The van der Waals surface area contributed by atoms with E-state index in [1.807, 2.05) is 20.8 Å². The lowest BCUT2D eigenvalue weighted by Crippen LogP contribution is -2.41. The Balaban J connectivity index is 3.73. The predicted molar refractivity (Wildman–Crippen MR) is 56.1 cm³/mol. The van der Waals surface area contributed by atoms with Crippen molar-refractivity contribution >= 4 is 11.8 Å². The lowest BCUT2D eigenvalue weighted by Gasteiger charge is -2.17. The Kier molecular flexibility index (Phi) is 5.44. The molecule has 0 atom stereocenters. The van der Waals surface area contributed by atoms with Gasteiger partial charge in [0.05, 0.1) is 0 Å².